The Morgan fingerprint density at radius 3 is 2.16 bits per heavy atom. The number of amides is 1. The van der Waals surface area contributed by atoms with E-state index >= 15 is 0 Å². The highest BCUT2D eigenvalue weighted by Crippen LogP contribution is 2.10. The molecule has 0 bridgehead atoms. The molecule has 2 saturated heterocycles. The third kappa shape index (κ3) is 4.77. The van der Waals surface area contributed by atoms with Crippen molar-refractivity contribution in [3.05, 3.63) is 0 Å². The molecular weight excluding hydrogens is 238 g/mol. The zero-order chi connectivity index (χ0) is 13.5. The fourth-order valence-electron chi connectivity index (χ4n) is 2.99. The van der Waals surface area contributed by atoms with Crippen molar-refractivity contribution in [2.45, 2.75) is 39.0 Å². The molecule has 0 aromatic rings. The van der Waals surface area contributed by atoms with Crippen molar-refractivity contribution in [1.82, 2.24) is 14.7 Å². The highest BCUT2D eigenvalue weighted by Gasteiger charge is 2.22. The Hall–Kier alpha value is -0.610. The second-order valence-electron chi connectivity index (χ2n) is 5.91. The summed E-state index contributed by atoms with van der Waals surface area (Å²) in [7, 11) is 0. The summed E-state index contributed by atoms with van der Waals surface area (Å²) < 4.78 is 0. The summed E-state index contributed by atoms with van der Waals surface area (Å²) in [4.78, 5) is 19.1. The molecular formula is C15H29N3O. The van der Waals surface area contributed by atoms with Crippen molar-refractivity contribution in [2.24, 2.45) is 0 Å². The molecule has 2 rings (SSSR count). The van der Waals surface area contributed by atoms with Crippen molar-refractivity contribution in [2.75, 3.05) is 52.4 Å². The van der Waals surface area contributed by atoms with Gasteiger partial charge in [-0.25, -0.2) is 0 Å². The number of rotatable bonds is 5. The molecule has 0 unspecified atom stereocenters. The number of nitrogens with zero attached hydrogens (tertiary/aromatic N) is 3. The molecule has 2 aliphatic heterocycles. The topological polar surface area (TPSA) is 26.8 Å². The minimum absolute atomic E-state index is 0.349. The van der Waals surface area contributed by atoms with Gasteiger partial charge in [-0.05, 0) is 32.2 Å². The van der Waals surface area contributed by atoms with Gasteiger partial charge in [-0.3, -0.25) is 9.69 Å². The summed E-state index contributed by atoms with van der Waals surface area (Å²) in [6.45, 7) is 10.5. The second kappa shape index (κ2) is 7.85. The van der Waals surface area contributed by atoms with Crippen LogP contribution in [-0.4, -0.2) is 73.0 Å². The quantitative estimate of drug-likeness (QED) is 0.754. The largest absolute Gasteiger partial charge is 0.342 e. The van der Waals surface area contributed by atoms with E-state index in [0.29, 0.717) is 12.5 Å². The van der Waals surface area contributed by atoms with E-state index in [1.165, 1.54) is 38.6 Å². The van der Waals surface area contributed by atoms with Crippen LogP contribution in [0.25, 0.3) is 0 Å². The number of carbonyl (C=O) groups is 1. The van der Waals surface area contributed by atoms with Crippen LogP contribution < -0.4 is 0 Å². The van der Waals surface area contributed by atoms with Gasteiger partial charge in [0, 0.05) is 39.3 Å². The Morgan fingerprint density at radius 1 is 0.895 bits per heavy atom. The first kappa shape index (κ1) is 14.8. The number of piperazine rings is 1. The molecule has 0 radical (unpaired) electrons. The molecule has 4 nitrogen and oxygen atoms in total. The Kier molecular flexibility index (Phi) is 6.11. The van der Waals surface area contributed by atoms with Crippen LogP contribution in [0.2, 0.25) is 0 Å². The molecule has 0 aliphatic carbocycles. The van der Waals surface area contributed by atoms with Gasteiger partial charge in [0.1, 0.15) is 0 Å². The normalized spacial score (nSPS) is 22.7. The number of likely N-dealkylation sites (tertiary alicyclic amines) is 1. The fraction of sp³-hybridized carbons (Fsp3) is 0.933. The van der Waals surface area contributed by atoms with Crippen molar-refractivity contribution in [3.8, 4) is 0 Å². The van der Waals surface area contributed by atoms with E-state index in [4.69, 9.17) is 0 Å². The van der Waals surface area contributed by atoms with Gasteiger partial charge in [-0.15, -0.1) is 0 Å². The average Bonchev–Trinajstić information content (AvgIpc) is 2.47. The first-order chi connectivity index (χ1) is 9.29. The smallest absolute Gasteiger partial charge is 0.236 e. The van der Waals surface area contributed by atoms with Crippen LogP contribution in [0.15, 0.2) is 0 Å². The number of hydrogen-bond acceptors (Lipinski definition) is 3. The molecule has 2 fully saturated rings. The van der Waals surface area contributed by atoms with Crippen molar-refractivity contribution >= 4 is 5.91 Å². The summed E-state index contributed by atoms with van der Waals surface area (Å²) >= 11 is 0. The predicted octanol–water partition coefficient (Wildman–Crippen LogP) is 1.42. The molecule has 0 atom stereocenters. The zero-order valence-electron chi connectivity index (χ0n) is 12.4. The highest BCUT2D eigenvalue weighted by atomic mass is 16.2. The zero-order valence-corrected chi connectivity index (χ0v) is 12.4. The van der Waals surface area contributed by atoms with Gasteiger partial charge in [0.15, 0.2) is 0 Å². The lowest BCUT2D eigenvalue weighted by atomic mass is 10.1. The van der Waals surface area contributed by atoms with Crippen LogP contribution in [-0.2, 0) is 4.79 Å². The van der Waals surface area contributed by atoms with Crippen LogP contribution in [0.5, 0.6) is 0 Å². The maximum atomic E-state index is 12.2. The molecule has 1 amide bonds. The first-order valence-corrected chi connectivity index (χ1v) is 8.02. The predicted molar refractivity (Wildman–Crippen MR) is 78.2 cm³/mol. The van der Waals surface area contributed by atoms with Crippen LogP contribution >= 0.6 is 0 Å². The van der Waals surface area contributed by atoms with E-state index in [1.54, 1.807) is 0 Å². The molecule has 2 aliphatic rings. The van der Waals surface area contributed by atoms with E-state index in [2.05, 4.69) is 21.6 Å². The minimum atomic E-state index is 0.349. The van der Waals surface area contributed by atoms with Crippen molar-refractivity contribution < 1.29 is 4.79 Å². The maximum Gasteiger partial charge on any atom is 0.236 e. The van der Waals surface area contributed by atoms with Gasteiger partial charge in [-0.1, -0.05) is 13.3 Å². The standard InChI is InChI=1S/C15H29N3O/c1-2-3-7-16-10-12-17(13-11-16)14-15(19)18-8-5-4-6-9-18/h2-14H2,1H3. The molecule has 0 saturated carbocycles. The Bertz CT molecular complexity index is 269. The second-order valence-corrected chi connectivity index (χ2v) is 5.91. The summed E-state index contributed by atoms with van der Waals surface area (Å²) in [5, 5.41) is 0. The number of carbonyl (C=O) groups excluding carboxylic acids is 1. The summed E-state index contributed by atoms with van der Waals surface area (Å²) in [5.74, 6) is 0.349. The summed E-state index contributed by atoms with van der Waals surface area (Å²) in [5.41, 5.74) is 0. The molecule has 4 heteroatoms. The molecule has 2 heterocycles. The van der Waals surface area contributed by atoms with Gasteiger partial charge in [0.2, 0.25) is 5.91 Å². The van der Waals surface area contributed by atoms with Crippen LogP contribution in [0.1, 0.15) is 39.0 Å². The van der Waals surface area contributed by atoms with E-state index < -0.39 is 0 Å². The molecule has 0 aromatic carbocycles. The lowest BCUT2D eigenvalue weighted by Gasteiger charge is -2.36. The fourth-order valence-corrected chi connectivity index (χ4v) is 2.99. The number of unbranched alkanes of at least 4 members (excludes halogenated alkanes) is 1. The summed E-state index contributed by atoms with van der Waals surface area (Å²) in [6.07, 6.45) is 6.24. The monoisotopic (exact) mass is 267 g/mol. The molecule has 0 N–H and O–H groups in total. The third-order valence-electron chi connectivity index (χ3n) is 4.36. The van der Waals surface area contributed by atoms with Gasteiger partial charge >= 0.3 is 0 Å². The van der Waals surface area contributed by atoms with Crippen LogP contribution in [0.3, 0.4) is 0 Å². The highest BCUT2D eigenvalue weighted by molar-refractivity contribution is 5.78. The van der Waals surface area contributed by atoms with Gasteiger partial charge in [0.25, 0.3) is 0 Å². The molecule has 110 valence electrons. The SMILES string of the molecule is CCCCN1CCN(CC(=O)N2CCCCC2)CC1. The Balaban J connectivity index is 1.65. The lowest BCUT2D eigenvalue weighted by Crippen LogP contribution is -2.50. The minimum Gasteiger partial charge on any atom is -0.342 e. The van der Waals surface area contributed by atoms with Gasteiger partial charge in [0.05, 0.1) is 6.54 Å². The summed E-state index contributed by atoms with van der Waals surface area (Å²) in [6, 6.07) is 0. The van der Waals surface area contributed by atoms with E-state index in [-0.39, 0.29) is 0 Å². The maximum absolute atomic E-state index is 12.2. The number of piperidine rings is 1. The lowest BCUT2D eigenvalue weighted by molar-refractivity contribution is -0.133. The van der Waals surface area contributed by atoms with E-state index in [0.717, 1.165) is 39.3 Å². The van der Waals surface area contributed by atoms with Gasteiger partial charge < -0.3 is 9.80 Å². The first-order valence-electron chi connectivity index (χ1n) is 8.02. The van der Waals surface area contributed by atoms with E-state index in [1.807, 2.05) is 0 Å². The van der Waals surface area contributed by atoms with E-state index in [9.17, 15) is 4.79 Å². The van der Waals surface area contributed by atoms with Gasteiger partial charge in [-0.2, -0.15) is 0 Å². The molecule has 0 aromatic heterocycles. The van der Waals surface area contributed by atoms with Crippen LogP contribution in [0, 0.1) is 0 Å². The molecule has 0 spiro atoms. The van der Waals surface area contributed by atoms with Crippen molar-refractivity contribution in [3.63, 3.8) is 0 Å². The van der Waals surface area contributed by atoms with Crippen molar-refractivity contribution in [1.29, 1.82) is 0 Å². The Labute approximate surface area is 117 Å². The third-order valence-corrected chi connectivity index (χ3v) is 4.36. The molecule has 19 heavy (non-hydrogen) atoms. The number of hydrogen-bond donors (Lipinski definition) is 0. The Morgan fingerprint density at radius 2 is 1.53 bits per heavy atom. The average molecular weight is 267 g/mol. The van der Waals surface area contributed by atoms with Crippen LogP contribution in [0.4, 0.5) is 0 Å².